The van der Waals surface area contributed by atoms with Crippen LogP contribution < -0.4 is 0 Å². The Morgan fingerprint density at radius 1 is 1.17 bits per heavy atom. The van der Waals surface area contributed by atoms with Crippen LogP contribution in [0.3, 0.4) is 0 Å². The number of hydrogen-bond donors (Lipinski definition) is 0. The topological polar surface area (TPSA) is 18.5 Å². The summed E-state index contributed by atoms with van der Waals surface area (Å²) >= 11 is 0. The van der Waals surface area contributed by atoms with E-state index in [-0.39, 0.29) is 5.79 Å². The molecule has 0 unspecified atom stereocenters. The molecular formula is C10H16O2. The van der Waals surface area contributed by atoms with Gasteiger partial charge in [-0.2, -0.15) is 0 Å². The zero-order chi connectivity index (χ0) is 8.44. The minimum absolute atomic E-state index is 0.188. The third kappa shape index (κ3) is 1.41. The van der Waals surface area contributed by atoms with Crippen LogP contribution >= 0.6 is 0 Å². The first-order valence-corrected chi connectivity index (χ1v) is 4.77. The summed E-state index contributed by atoms with van der Waals surface area (Å²) in [6.45, 7) is 3.68. The maximum absolute atomic E-state index is 5.62. The SMILES string of the molecule is CC=C1CCC2(CC1)OCCO2. The maximum atomic E-state index is 5.62. The molecule has 2 nitrogen and oxygen atoms in total. The quantitative estimate of drug-likeness (QED) is 0.516. The van der Waals surface area contributed by atoms with E-state index in [1.54, 1.807) is 5.57 Å². The molecule has 0 aromatic carbocycles. The van der Waals surface area contributed by atoms with Gasteiger partial charge >= 0.3 is 0 Å². The van der Waals surface area contributed by atoms with Crippen molar-refractivity contribution in [3.8, 4) is 0 Å². The van der Waals surface area contributed by atoms with Gasteiger partial charge in [0.25, 0.3) is 0 Å². The largest absolute Gasteiger partial charge is 0.348 e. The smallest absolute Gasteiger partial charge is 0.169 e. The highest BCUT2D eigenvalue weighted by molar-refractivity contribution is 5.06. The van der Waals surface area contributed by atoms with Crippen LogP contribution in [0.5, 0.6) is 0 Å². The molecule has 2 heteroatoms. The van der Waals surface area contributed by atoms with Crippen molar-refractivity contribution in [1.29, 1.82) is 0 Å². The number of allylic oxidation sites excluding steroid dienone is 2. The molecule has 0 bridgehead atoms. The van der Waals surface area contributed by atoms with Crippen molar-refractivity contribution in [2.45, 2.75) is 38.4 Å². The molecule has 2 fully saturated rings. The summed E-state index contributed by atoms with van der Waals surface area (Å²) < 4.78 is 11.2. The fraction of sp³-hybridized carbons (Fsp3) is 0.800. The fourth-order valence-electron chi connectivity index (χ4n) is 2.03. The number of hydrogen-bond acceptors (Lipinski definition) is 2. The van der Waals surface area contributed by atoms with Gasteiger partial charge in [-0.3, -0.25) is 0 Å². The van der Waals surface area contributed by atoms with Gasteiger partial charge in [0.15, 0.2) is 5.79 Å². The number of ether oxygens (including phenoxy) is 2. The van der Waals surface area contributed by atoms with Gasteiger partial charge in [-0.1, -0.05) is 11.6 Å². The molecule has 0 N–H and O–H groups in total. The summed E-state index contributed by atoms with van der Waals surface area (Å²) in [6, 6.07) is 0. The molecule has 68 valence electrons. The van der Waals surface area contributed by atoms with Crippen LogP contribution in [0.1, 0.15) is 32.6 Å². The molecule has 0 aromatic heterocycles. The molecule has 1 aliphatic heterocycles. The third-order valence-electron chi connectivity index (χ3n) is 2.88. The molecule has 1 aliphatic carbocycles. The Labute approximate surface area is 73.5 Å². The van der Waals surface area contributed by atoms with Crippen LogP contribution in [0.4, 0.5) is 0 Å². The first kappa shape index (κ1) is 8.27. The Morgan fingerprint density at radius 3 is 2.25 bits per heavy atom. The summed E-state index contributed by atoms with van der Waals surface area (Å²) in [5.41, 5.74) is 1.56. The van der Waals surface area contributed by atoms with Crippen molar-refractivity contribution in [1.82, 2.24) is 0 Å². The lowest BCUT2D eigenvalue weighted by atomic mass is 9.90. The second-order valence-electron chi connectivity index (χ2n) is 3.55. The molecule has 2 rings (SSSR count). The van der Waals surface area contributed by atoms with Gasteiger partial charge in [0.1, 0.15) is 0 Å². The van der Waals surface area contributed by atoms with E-state index in [0.29, 0.717) is 0 Å². The highest BCUT2D eigenvalue weighted by Crippen LogP contribution is 2.37. The van der Waals surface area contributed by atoms with Gasteiger partial charge in [0, 0.05) is 12.8 Å². The van der Waals surface area contributed by atoms with E-state index in [4.69, 9.17) is 9.47 Å². The first-order chi connectivity index (χ1) is 5.85. The van der Waals surface area contributed by atoms with Crippen LogP contribution in [0, 0.1) is 0 Å². The van der Waals surface area contributed by atoms with Crippen LogP contribution in [0.2, 0.25) is 0 Å². The van der Waals surface area contributed by atoms with E-state index < -0.39 is 0 Å². The fourth-order valence-corrected chi connectivity index (χ4v) is 2.03. The summed E-state index contributed by atoms with van der Waals surface area (Å²) in [7, 11) is 0. The molecule has 12 heavy (non-hydrogen) atoms. The Hall–Kier alpha value is -0.340. The van der Waals surface area contributed by atoms with Crippen molar-refractivity contribution in [2.75, 3.05) is 13.2 Å². The van der Waals surface area contributed by atoms with Crippen molar-refractivity contribution < 1.29 is 9.47 Å². The van der Waals surface area contributed by atoms with Crippen LogP contribution in [-0.4, -0.2) is 19.0 Å². The Bertz CT molecular complexity index is 178. The highest BCUT2D eigenvalue weighted by Gasteiger charge is 2.38. The minimum Gasteiger partial charge on any atom is -0.348 e. The van der Waals surface area contributed by atoms with E-state index in [9.17, 15) is 0 Å². The van der Waals surface area contributed by atoms with Gasteiger partial charge in [0.2, 0.25) is 0 Å². The Morgan fingerprint density at radius 2 is 1.75 bits per heavy atom. The van der Waals surface area contributed by atoms with Gasteiger partial charge in [-0.15, -0.1) is 0 Å². The molecule has 1 spiro atoms. The average molecular weight is 168 g/mol. The zero-order valence-corrected chi connectivity index (χ0v) is 7.64. The normalized spacial score (nSPS) is 27.9. The van der Waals surface area contributed by atoms with E-state index in [2.05, 4.69) is 13.0 Å². The lowest BCUT2D eigenvalue weighted by Gasteiger charge is -2.32. The zero-order valence-electron chi connectivity index (χ0n) is 7.64. The molecule has 0 aromatic rings. The van der Waals surface area contributed by atoms with Crippen LogP contribution in [-0.2, 0) is 9.47 Å². The minimum atomic E-state index is -0.188. The van der Waals surface area contributed by atoms with Gasteiger partial charge in [-0.25, -0.2) is 0 Å². The Kier molecular flexibility index (Phi) is 2.20. The van der Waals surface area contributed by atoms with E-state index in [0.717, 1.165) is 38.9 Å². The summed E-state index contributed by atoms with van der Waals surface area (Å²) in [4.78, 5) is 0. The maximum Gasteiger partial charge on any atom is 0.169 e. The van der Waals surface area contributed by atoms with Gasteiger partial charge in [0.05, 0.1) is 13.2 Å². The predicted octanol–water partition coefficient (Wildman–Crippen LogP) is 2.25. The molecule has 1 heterocycles. The molecular weight excluding hydrogens is 152 g/mol. The Balaban J connectivity index is 1.97. The molecule has 0 amide bonds. The summed E-state index contributed by atoms with van der Waals surface area (Å²) in [6.07, 6.45) is 6.62. The van der Waals surface area contributed by atoms with Gasteiger partial charge < -0.3 is 9.47 Å². The highest BCUT2D eigenvalue weighted by atomic mass is 16.7. The van der Waals surface area contributed by atoms with E-state index in [1.165, 1.54) is 0 Å². The van der Waals surface area contributed by atoms with Gasteiger partial charge in [-0.05, 0) is 19.8 Å². The lowest BCUT2D eigenvalue weighted by Crippen LogP contribution is -2.32. The van der Waals surface area contributed by atoms with Crippen LogP contribution in [0.25, 0.3) is 0 Å². The lowest BCUT2D eigenvalue weighted by molar-refractivity contribution is -0.171. The molecule has 0 radical (unpaired) electrons. The van der Waals surface area contributed by atoms with Crippen molar-refractivity contribution in [2.24, 2.45) is 0 Å². The van der Waals surface area contributed by atoms with Crippen molar-refractivity contribution in [3.05, 3.63) is 11.6 Å². The molecule has 1 saturated carbocycles. The van der Waals surface area contributed by atoms with Crippen molar-refractivity contribution >= 4 is 0 Å². The predicted molar refractivity (Wildman–Crippen MR) is 46.9 cm³/mol. The van der Waals surface area contributed by atoms with E-state index >= 15 is 0 Å². The average Bonchev–Trinajstić information content (AvgIpc) is 2.55. The number of rotatable bonds is 0. The monoisotopic (exact) mass is 168 g/mol. The van der Waals surface area contributed by atoms with Crippen LogP contribution in [0.15, 0.2) is 11.6 Å². The second kappa shape index (κ2) is 3.19. The van der Waals surface area contributed by atoms with E-state index in [1.807, 2.05) is 0 Å². The summed E-state index contributed by atoms with van der Waals surface area (Å²) in [5.74, 6) is -0.188. The molecule has 1 saturated heterocycles. The standard InChI is InChI=1S/C10H16O2/c1-2-9-3-5-10(6-4-9)11-7-8-12-10/h2H,3-8H2,1H3. The molecule has 2 aliphatic rings. The third-order valence-corrected chi connectivity index (χ3v) is 2.88. The molecule has 0 atom stereocenters. The first-order valence-electron chi connectivity index (χ1n) is 4.77. The van der Waals surface area contributed by atoms with Crippen molar-refractivity contribution in [3.63, 3.8) is 0 Å². The second-order valence-corrected chi connectivity index (χ2v) is 3.55. The summed E-state index contributed by atoms with van der Waals surface area (Å²) in [5, 5.41) is 0.